The maximum atomic E-state index is 11.2. The molecular weight excluding hydrogens is 166 g/mol. The first-order valence-corrected chi connectivity index (χ1v) is 4.24. The van der Waals surface area contributed by atoms with Gasteiger partial charge in [0.1, 0.15) is 0 Å². The third kappa shape index (κ3) is 6.08. The lowest BCUT2D eigenvalue weighted by Crippen LogP contribution is -2.43. The Hall–Kier alpha value is -1.12. The Kier molecular flexibility index (Phi) is 3.85. The second-order valence-electron chi connectivity index (χ2n) is 4.29. The smallest absolute Gasteiger partial charge is 0.292 e. The summed E-state index contributed by atoms with van der Waals surface area (Å²) in [6.07, 6.45) is 1.33. The molecule has 0 fully saturated rings. The number of allylic oxidation sites excluding steroid dienone is 1. The molecule has 0 heterocycles. The molecule has 74 valence electrons. The quantitative estimate of drug-likeness (QED) is 0.520. The number of amides is 1. The summed E-state index contributed by atoms with van der Waals surface area (Å²) < 4.78 is 0. The lowest BCUT2D eigenvalue weighted by Gasteiger charge is -2.19. The second kappa shape index (κ2) is 4.21. The van der Waals surface area contributed by atoms with Gasteiger partial charge in [0.2, 0.25) is 5.78 Å². The van der Waals surface area contributed by atoms with Gasteiger partial charge in [-0.05, 0) is 40.7 Å². The standard InChI is InChI=1S/C10H17NO2/c1-7(2)6-8(12)9(13)11-10(3,4)5/h6H,1-5H3,(H,11,13). The van der Waals surface area contributed by atoms with Crippen molar-refractivity contribution >= 4 is 11.7 Å². The van der Waals surface area contributed by atoms with Crippen LogP contribution in [0.15, 0.2) is 11.6 Å². The minimum absolute atomic E-state index is 0.359. The fourth-order valence-corrected chi connectivity index (χ4v) is 0.730. The van der Waals surface area contributed by atoms with E-state index < -0.39 is 11.7 Å². The van der Waals surface area contributed by atoms with E-state index in [1.165, 1.54) is 6.08 Å². The summed E-state index contributed by atoms with van der Waals surface area (Å²) >= 11 is 0. The predicted molar refractivity (Wildman–Crippen MR) is 52.3 cm³/mol. The maximum absolute atomic E-state index is 11.2. The van der Waals surface area contributed by atoms with Gasteiger partial charge in [0, 0.05) is 5.54 Å². The monoisotopic (exact) mass is 183 g/mol. The Labute approximate surface area is 79.2 Å². The summed E-state index contributed by atoms with van der Waals surface area (Å²) in [5, 5.41) is 2.59. The summed E-state index contributed by atoms with van der Waals surface area (Å²) in [4.78, 5) is 22.3. The van der Waals surface area contributed by atoms with Crippen molar-refractivity contribution < 1.29 is 9.59 Å². The number of carbonyl (C=O) groups excluding carboxylic acids is 2. The molecule has 0 aliphatic heterocycles. The van der Waals surface area contributed by atoms with Gasteiger partial charge in [0.15, 0.2) is 0 Å². The van der Waals surface area contributed by atoms with Crippen LogP contribution in [0, 0.1) is 0 Å². The minimum Gasteiger partial charge on any atom is -0.345 e. The van der Waals surface area contributed by atoms with Gasteiger partial charge in [-0.3, -0.25) is 9.59 Å². The van der Waals surface area contributed by atoms with E-state index in [2.05, 4.69) is 5.32 Å². The molecule has 0 aromatic rings. The third-order valence-electron chi connectivity index (χ3n) is 1.13. The summed E-state index contributed by atoms with van der Waals surface area (Å²) in [5.74, 6) is -1.04. The van der Waals surface area contributed by atoms with Crippen molar-refractivity contribution in [3.63, 3.8) is 0 Å². The molecule has 0 saturated heterocycles. The lowest BCUT2D eigenvalue weighted by molar-refractivity contribution is -0.136. The molecule has 1 amide bonds. The highest BCUT2D eigenvalue weighted by molar-refractivity contribution is 6.40. The number of rotatable bonds is 2. The lowest BCUT2D eigenvalue weighted by atomic mass is 10.1. The minimum atomic E-state index is -0.548. The summed E-state index contributed by atoms with van der Waals surface area (Å²) in [5.41, 5.74) is 0.469. The third-order valence-corrected chi connectivity index (χ3v) is 1.13. The Balaban J connectivity index is 4.30. The van der Waals surface area contributed by atoms with E-state index in [9.17, 15) is 9.59 Å². The zero-order valence-corrected chi connectivity index (χ0v) is 8.89. The number of nitrogens with one attached hydrogen (secondary N) is 1. The molecule has 0 bridgehead atoms. The number of ketones is 1. The summed E-state index contributed by atoms with van der Waals surface area (Å²) in [7, 11) is 0. The van der Waals surface area contributed by atoms with Gasteiger partial charge < -0.3 is 5.32 Å². The fourth-order valence-electron chi connectivity index (χ4n) is 0.730. The fraction of sp³-hybridized carbons (Fsp3) is 0.600. The highest BCUT2D eigenvalue weighted by atomic mass is 16.2. The number of hydrogen-bond acceptors (Lipinski definition) is 2. The Bertz CT molecular complexity index is 242. The maximum Gasteiger partial charge on any atom is 0.292 e. The van der Waals surface area contributed by atoms with E-state index >= 15 is 0 Å². The van der Waals surface area contributed by atoms with Crippen LogP contribution in [0.3, 0.4) is 0 Å². The molecular formula is C10H17NO2. The van der Waals surface area contributed by atoms with E-state index in [0.29, 0.717) is 0 Å². The molecule has 0 atom stereocenters. The molecule has 13 heavy (non-hydrogen) atoms. The highest BCUT2D eigenvalue weighted by Crippen LogP contribution is 1.99. The van der Waals surface area contributed by atoms with Crippen LogP contribution in [0.4, 0.5) is 0 Å². The van der Waals surface area contributed by atoms with Crippen molar-refractivity contribution in [3.8, 4) is 0 Å². The molecule has 0 saturated carbocycles. The first kappa shape index (κ1) is 11.9. The summed E-state index contributed by atoms with van der Waals surface area (Å²) in [6.45, 7) is 9.06. The molecule has 1 N–H and O–H groups in total. The van der Waals surface area contributed by atoms with E-state index in [1.54, 1.807) is 13.8 Å². The van der Waals surface area contributed by atoms with Crippen LogP contribution >= 0.6 is 0 Å². The van der Waals surface area contributed by atoms with Crippen molar-refractivity contribution in [2.75, 3.05) is 0 Å². The van der Waals surface area contributed by atoms with Crippen LogP contribution in [0.5, 0.6) is 0 Å². The zero-order valence-electron chi connectivity index (χ0n) is 8.89. The van der Waals surface area contributed by atoms with Gasteiger partial charge >= 0.3 is 0 Å². The number of carbonyl (C=O) groups is 2. The van der Waals surface area contributed by atoms with Crippen LogP contribution in [0.25, 0.3) is 0 Å². The zero-order chi connectivity index (χ0) is 10.6. The van der Waals surface area contributed by atoms with Crippen molar-refractivity contribution in [2.45, 2.75) is 40.2 Å². The molecule has 0 unspecified atom stereocenters. The van der Waals surface area contributed by atoms with E-state index in [1.807, 2.05) is 20.8 Å². The second-order valence-corrected chi connectivity index (χ2v) is 4.29. The van der Waals surface area contributed by atoms with Crippen molar-refractivity contribution in [3.05, 3.63) is 11.6 Å². The van der Waals surface area contributed by atoms with Crippen molar-refractivity contribution in [1.29, 1.82) is 0 Å². The molecule has 0 aliphatic rings. The number of hydrogen-bond donors (Lipinski definition) is 1. The first-order valence-electron chi connectivity index (χ1n) is 4.24. The topological polar surface area (TPSA) is 46.2 Å². The molecule has 3 heteroatoms. The highest BCUT2D eigenvalue weighted by Gasteiger charge is 2.17. The van der Waals surface area contributed by atoms with Crippen LogP contribution in [0.2, 0.25) is 0 Å². The van der Waals surface area contributed by atoms with E-state index in [0.717, 1.165) is 5.57 Å². The molecule has 0 spiro atoms. The molecule has 0 radical (unpaired) electrons. The average Bonchev–Trinajstić information content (AvgIpc) is 1.81. The molecule has 0 rings (SSSR count). The largest absolute Gasteiger partial charge is 0.345 e. The van der Waals surface area contributed by atoms with Crippen LogP contribution in [0.1, 0.15) is 34.6 Å². The molecule has 0 aliphatic carbocycles. The van der Waals surface area contributed by atoms with Crippen LogP contribution < -0.4 is 5.32 Å². The van der Waals surface area contributed by atoms with Gasteiger partial charge in [0.25, 0.3) is 5.91 Å². The Morgan fingerprint density at radius 3 is 1.92 bits per heavy atom. The molecule has 0 aromatic heterocycles. The van der Waals surface area contributed by atoms with Gasteiger partial charge in [-0.2, -0.15) is 0 Å². The van der Waals surface area contributed by atoms with Crippen LogP contribution in [-0.2, 0) is 9.59 Å². The van der Waals surface area contributed by atoms with Crippen molar-refractivity contribution in [1.82, 2.24) is 5.32 Å². The van der Waals surface area contributed by atoms with Gasteiger partial charge in [-0.1, -0.05) is 5.57 Å². The van der Waals surface area contributed by atoms with Gasteiger partial charge in [-0.15, -0.1) is 0 Å². The Morgan fingerprint density at radius 1 is 1.15 bits per heavy atom. The van der Waals surface area contributed by atoms with Gasteiger partial charge in [0.05, 0.1) is 0 Å². The molecule has 0 aromatic carbocycles. The van der Waals surface area contributed by atoms with Crippen LogP contribution in [-0.4, -0.2) is 17.2 Å². The molecule has 3 nitrogen and oxygen atoms in total. The van der Waals surface area contributed by atoms with Crippen molar-refractivity contribution in [2.24, 2.45) is 0 Å². The predicted octanol–water partition coefficient (Wildman–Crippen LogP) is 1.44. The Morgan fingerprint density at radius 2 is 1.62 bits per heavy atom. The van der Waals surface area contributed by atoms with Gasteiger partial charge in [-0.25, -0.2) is 0 Å². The SMILES string of the molecule is CC(C)=CC(=O)C(=O)NC(C)(C)C. The van der Waals surface area contributed by atoms with E-state index in [-0.39, 0.29) is 5.54 Å². The van der Waals surface area contributed by atoms with E-state index in [4.69, 9.17) is 0 Å². The average molecular weight is 183 g/mol. The summed E-state index contributed by atoms with van der Waals surface area (Å²) in [6, 6.07) is 0. The first-order chi connectivity index (χ1) is 5.72. The normalized spacial score (nSPS) is 10.5.